The summed E-state index contributed by atoms with van der Waals surface area (Å²) >= 11 is 0. The van der Waals surface area contributed by atoms with Crippen LogP contribution in [0.15, 0.2) is 0 Å². The molecule has 0 aromatic heterocycles. The average molecular weight is 663 g/mol. The maximum absolute atomic E-state index is 12.1. The van der Waals surface area contributed by atoms with Crippen LogP contribution >= 0.6 is 15.2 Å². The monoisotopic (exact) mass is 662 g/mol. The molecular formula is C32H68CrO6P2. The molecule has 0 spiro atoms. The third kappa shape index (κ3) is 28.1. The van der Waals surface area contributed by atoms with Crippen molar-refractivity contribution in [1.29, 1.82) is 0 Å². The van der Waals surface area contributed by atoms with E-state index >= 15 is 0 Å². The van der Waals surface area contributed by atoms with E-state index < -0.39 is 15.2 Å². The number of hydrogen-bond donors (Lipinski definition) is 0. The minimum Gasteiger partial charge on any atom is -0.778 e. The molecule has 41 heavy (non-hydrogen) atoms. The third-order valence-corrected chi connectivity index (χ3v) is 11.2. The van der Waals surface area contributed by atoms with Gasteiger partial charge in [0.15, 0.2) is 0 Å². The predicted octanol–water partition coefficient (Wildman–Crippen LogP) is 9.98. The van der Waals surface area contributed by atoms with Crippen molar-refractivity contribution in [1.82, 2.24) is 0 Å². The maximum Gasteiger partial charge on any atom is 2.00 e. The zero-order valence-corrected chi connectivity index (χ0v) is 31.3. The fourth-order valence-electron chi connectivity index (χ4n) is 4.81. The van der Waals surface area contributed by atoms with Gasteiger partial charge in [0.2, 0.25) is 0 Å². The zero-order chi connectivity index (χ0) is 30.9. The van der Waals surface area contributed by atoms with Gasteiger partial charge in [-0.25, -0.2) is 0 Å². The second-order valence-corrected chi connectivity index (χ2v) is 15.5. The van der Waals surface area contributed by atoms with E-state index in [-0.39, 0.29) is 41.5 Å². The summed E-state index contributed by atoms with van der Waals surface area (Å²) in [6, 6.07) is 0. The van der Waals surface area contributed by atoms with Crippen LogP contribution in [0.2, 0.25) is 0 Å². The van der Waals surface area contributed by atoms with Crippen molar-refractivity contribution in [3.63, 3.8) is 0 Å². The molecule has 0 saturated carbocycles. The molecule has 0 aliphatic carbocycles. The molecule has 0 radical (unpaired) electrons. The molecular weight excluding hydrogens is 594 g/mol. The molecule has 0 bridgehead atoms. The summed E-state index contributed by atoms with van der Waals surface area (Å²) in [4.78, 5) is 24.1. The van der Waals surface area contributed by atoms with Gasteiger partial charge in [0.25, 0.3) is 0 Å². The quantitative estimate of drug-likeness (QED) is 0.0855. The minimum atomic E-state index is -3.65. The van der Waals surface area contributed by atoms with Crippen molar-refractivity contribution >= 4 is 15.2 Å². The molecule has 0 rings (SSSR count). The Bertz CT molecular complexity index is 598. The first-order valence-corrected chi connectivity index (χ1v) is 20.3. The molecule has 0 heterocycles. The maximum atomic E-state index is 12.1. The van der Waals surface area contributed by atoms with Gasteiger partial charge < -0.3 is 28.0 Å². The van der Waals surface area contributed by atoms with Crippen molar-refractivity contribution < 1.29 is 45.3 Å². The van der Waals surface area contributed by atoms with Crippen LogP contribution in [-0.2, 0) is 35.5 Å². The molecule has 6 nitrogen and oxygen atoms in total. The van der Waals surface area contributed by atoms with Crippen LogP contribution in [0.3, 0.4) is 0 Å². The summed E-state index contributed by atoms with van der Waals surface area (Å²) in [5, 5.41) is 0. The first-order chi connectivity index (χ1) is 19.0. The van der Waals surface area contributed by atoms with Crippen LogP contribution < -0.4 is 9.79 Å². The largest absolute Gasteiger partial charge is 2.00 e. The number of unbranched alkanes of at least 4 members (excludes halogenated alkanes) is 4. The van der Waals surface area contributed by atoms with Gasteiger partial charge in [0, 0.05) is 12.3 Å². The Balaban J connectivity index is -0.000000688. The molecule has 0 saturated heterocycles. The van der Waals surface area contributed by atoms with E-state index in [1.54, 1.807) is 0 Å². The van der Waals surface area contributed by atoms with Crippen molar-refractivity contribution in [3.05, 3.63) is 0 Å². The van der Waals surface area contributed by atoms with Gasteiger partial charge in [-0.1, -0.05) is 132 Å². The van der Waals surface area contributed by atoms with E-state index in [4.69, 9.17) is 9.05 Å². The van der Waals surface area contributed by atoms with E-state index in [1.807, 2.05) is 0 Å². The second-order valence-electron chi connectivity index (χ2n) is 11.8. The molecule has 248 valence electrons. The van der Waals surface area contributed by atoms with Crippen molar-refractivity contribution in [3.8, 4) is 0 Å². The fourth-order valence-corrected chi connectivity index (χ4v) is 8.04. The summed E-state index contributed by atoms with van der Waals surface area (Å²) in [6.45, 7) is 17.7. The molecule has 0 aliphatic rings. The van der Waals surface area contributed by atoms with Crippen LogP contribution in [0.4, 0.5) is 0 Å². The first-order valence-electron chi connectivity index (χ1n) is 16.9. The summed E-state index contributed by atoms with van der Waals surface area (Å²) < 4.78 is 34.7. The molecule has 9 heteroatoms. The van der Waals surface area contributed by atoms with Gasteiger partial charge in [0.1, 0.15) is 15.2 Å². The van der Waals surface area contributed by atoms with Crippen LogP contribution in [0.1, 0.15) is 158 Å². The Morgan fingerprint density at radius 3 is 0.951 bits per heavy atom. The van der Waals surface area contributed by atoms with Gasteiger partial charge in [-0.2, -0.15) is 0 Å². The summed E-state index contributed by atoms with van der Waals surface area (Å²) in [5.41, 5.74) is 0. The van der Waals surface area contributed by atoms with Gasteiger partial charge in [-0.3, -0.25) is 0 Å². The third-order valence-electron chi connectivity index (χ3n) is 8.15. The standard InChI is InChI=1S/2C16H35O3P.Cr/c2*1-5-9-11-15(7-3)13-19-20(17,18)14-16(8-4)12-10-6-2;/h2*15-16H,5-14H2,1-4H3,(H,17,18);/q;;+2/p-2. The second kappa shape index (κ2) is 29.5. The molecule has 6 atom stereocenters. The van der Waals surface area contributed by atoms with E-state index in [2.05, 4.69) is 55.4 Å². The molecule has 0 amide bonds. The van der Waals surface area contributed by atoms with Gasteiger partial charge in [0.05, 0.1) is 13.2 Å². The summed E-state index contributed by atoms with van der Waals surface area (Å²) in [6.07, 6.45) is 17.4. The zero-order valence-electron chi connectivity index (χ0n) is 28.2. The van der Waals surface area contributed by atoms with Crippen molar-refractivity contribution in [2.45, 2.75) is 158 Å². The minimum absolute atomic E-state index is 0. The average Bonchev–Trinajstić information content (AvgIpc) is 2.93. The molecule has 0 N–H and O–H groups in total. The Kier molecular flexibility index (Phi) is 33.3. The van der Waals surface area contributed by atoms with E-state index in [1.165, 1.54) is 0 Å². The summed E-state index contributed by atoms with van der Waals surface area (Å²) in [7, 11) is -7.31. The molecule has 0 aromatic rings. The van der Waals surface area contributed by atoms with Crippen molar-refractivity contribution in [2.24, 2.45) is 23.7 Å². The summed E-state index contributed by atoms with van der Waals surface area (Å²) in [5.74, 6) is 1.28. The Hall–Kier alpha value is 0.832. The van der Waals surface area contributed by atoms with Crippen LogP contribution in [-0.4, -0.2) is 25.5 Å². The van der Waals surface area contributed by atoms with Crippen LogP contribution in [0, 0.1) is 23.7 Å². The van der Waals surface area contributed by atoms with Crippen LogP contribution in [0.25, 0.3) is 0 Å². The molecule has 0 aliphatic heterocycles. The van der Waals surface area contributed by atoms with Gasteiger partial charge >= 0.3 is 17.4 Å². The molecule has 0 aromatic carbocycles. The first kappa shape index (κ1) is 46.3. The smallest absolute Gasteiger partial charge is 0.778 e. The normalized spacial score (nSPS) is 17.2. The van der Waals surface area contributed by atoms with E-state index in [9.17, 15) is 18.9 Å². The van der Waals surface area contributed by atoms with E-state index in [0.29, 0.717) is 25.0 Å². The Morgan fingerprint density at radius 1 is 0.488 bits per heavy atom. The molecule has 6 unspecified atom stereocenters. The fraction of sp³-hybridized carbons (Fsp3) is 1.00. The Morgan fingerprint density at radius 2 is 0.732 bits per heavy atom. The van der Waals surface area contributed by atoms with E-state index in [0.717, 1.165) is 103 Å². The predicted molar refractivity (Wildman–Crippen MR) is 170 cm³/mol. The van der Waals surface area contributed by atoms with Crippen molar-refractivity contribution in [2.75, 3.05) is 25.5 Å². The molecule has 0 fully saturated rings. The number of hydrogen-bond acceptors (Lipinski definition) is 6. The Labute approximate surface area is 267 Å². The van der Waals surface area contributed by atoms with Gasteiger partial charge in [-0.15, -0.1) is 0 Å². The SMILES string of the molecule is CCCCC(CC)COP(=O)([O-])CC(CC)CCCC.CCCCC(CC)COP(=O)([O-])CC(CC)CCCC.[Cr+2]. The van der Waals surface area contributed by atoms with Gasteiger partial charge in [-0.05, 0) is 49.4 Å². The van der Waals surface area contributed by atoms with Crippen LogP contribution in [0.5, 0.6) is 0 Å². The topological polar surface area (TPSA) is 98.7 Å². The number of rotatable bonds is 26.